The predicted octanol–water partition coefficient (Wildman–Crippen LogP) is 3.26. The molecule has 1 N–H and O–H groups in total. The third kappa shape index (κ3) is 4.60. The second kappa shape index (κ2) is 9.16. The number of carbonyl (C=O) groups excluding carboxylic acids is 1. The van der Waals surface area contributed by atoms with Crippen LogP contribution in [-0.2, 0) is 11.9 Å². The maximum atomic E-state index is 12.8. The minimum atomic E-state index is -0.365. The number of hydroxylamine groups is 2. The van der Waals surface area contributed by atoms with E-state index < -0.39 is 0 Å². The summed E-state index contributed by atoms with van der Waals surface area (Å²) in [7, 11) is 4.83. The van der Waals surface area contributed by atoms with E-state index in [1.807, 2.05) is 23.7 Å². The molecule has 1 fully saturated rings. The molecule has 0 unspecified atom stereocenters. The SMILES string of the molecule is CON(C)C(=O)c1cc(-c2cc(C#N)ccc2-c2nncn2C)cc(NCCC2CC2)n1. The number of nitrogens with one attached hydrogen (secondary N) is 1. The molecule has 32 heavy (non-hydrogen) atoms. The van der Waals surface area contributed by atoms with E-state index in [1.165, 1.54) is 27.0 Å². The van der Waals surface area contributed by atoms with Crippen molar-refractivity contribution < 1.29 is 9.63 Å². The van der Waals surface area contributed by atoms with Crippen molar-refractivity contribution >= 4 is 11.7 Å². The Hall–Kier alpha value is -3.77. The molecular weight excluding hydrogens is 406 g/mol. The number of pyridine rings is 1. The summed E-state index contributed by atoms with van der Waals surface area (Å²) in [6.07, 6.45) is 5.25. The lowest BCUT2D eigenvalue weighted by atomic mass is 9.96. The number of aromatic nitrogens is 4. The molecule has 1 aliphatic carbocycles. The fourth-order valence-electron chi connectivity index (χ4n) is 3.52. The fraction of sp³-hybridized carbons (Fsp3) is 0.348. The van der Waals surface area contributed by atoms with E-state index >= 15 is 0 Å². The van der Waals surface area contributed by atoms with Crippen LogP contribution >= 0.6 is 0 Å². The highest BCUT2D eigenvalue weighted by Crippen LogP contribution is 2.34. The standard InChI is InChI=1S/C23H25N7O2/c1-29-14-26-28-22(29)18-7-6-16(13-24)10-19(18)17-11-20(23(31)30(2)32-3)27-21(12-17)25-9-8-15-4-5-15/h6-7,10-12,14-15H,4-5,8-9H2,1-3H3,(H,25,27). The van der Waals surface area contributed by atoms with Crippen molar-refractivity contribution in [1.29, 1.82) is 5.26 Å². The molecule has 1 aromatic carbocycles. The van der Waals surface area contributed by atoms with E-state index in [-0.39, 0.29) is 11.6 Å². The van der Waals surface area contributed by atoms with Crippen molar-refractivity contribution in [2.75, 3.05) is 26.0 Å². The predicted molar refractivity (Wildman–Crippen MR) is 119 cm³/mol. The van der Waals surface area contributed by atoms with Crippen molar-refractivity contribution in [3.8, 4) is 28.6 Å². The number of amides is 1. The highest BCUT2D eigenvalue weighted by atomic mass is 16.7. The van der Waals surface area contributed by atoms with Gasteiger partial charge >= 0.3 is 0 Å². The van der Waals surface area contributed by atoms with Crippen LogP contribution in [0, 0.1) is 17.2 Å². The molecule has 0 aliphatic heterocycles. The number of benzene rings is 1. The molecule has 0 radical (unpaired) electrons. The molecule has 4 rings (SSSR count). The normalized spacial score (nSPS) is 12.9. The van der Waals surface area contributed by atoms with Gasteiger partial charge in [-0.25, -0.2) is 10.0 Å². The second-order valence-electron chi connectivity index (χ2n) is 7.91. The highest BCUT2D eigenvalue weighted by Gasteiger charge is 2.21. The Morgan fingerprint density at radius 2 is 2.12 bits per heavy atom. The lowest BCUT2D eigenvalue weighted by molar-refractivity contribution is -0.0760. The number of hydrogen-bond acceptors (Lipinski definition) is 7. The molecule has 1 amide bonds. The molecule has 9 heteroatoms. The summed E-state index contributed by atoms with van der Waals surface area (Å²) in [4.78, 5) is 22.4. The van der Waals surface area contributed by atoms with Gasteiger partial charge in [0.1, 0.15) is 17.8 Å². The fourth-order valence-corrected chi connectivity index (χ4v) is 3.52. The van der Waals surface area contributed by atoms with Crippen molar-refractivity contribution in [3.05, 3.63) is 47.9 Å². The van der Waals surface area contributed by atoms with Crippen LogP contribution in [0.4, 0.5) is 5.82 Å². The van der Waals surface area contributed by atoms with E-state index in [4.69, 9.17) is 4.84 Å². The van der Waals surface area contributed by atoms with Gasteiger partial charge in [-0.05, 0) is 53.8 Å². The minimum absolute atomic E-state index is 0.243. The molecule has 9 nitrogen and oxygen atoms in total. The van der Waals surface area contributed by atoms with Crippen LogP contribution in [0.15, 0.2) is 36.7 Å². The zero-order valence-corrected chi connectivity index (χ0v) is 18.4. The Morgan fingerprint density at radius 3 is 2.78 bits per heavy atom. The Bertz CT molecular complexity index is 1180. The van der Waals surface area contributed by atoms with Crippen molar-refractivity contribution in [2.24, 2.45) is 13.0 Å². The number of rotatable bonds is 8. The third-order valence-electron chi connectivity index (χ3n) is 5.57. The van der Waals surface area contributed by atoms with Gasteiger partial charge in [-0.3, -0.25) is 9.63 Å². The second-order valence-corrected chi connectivity index (χ2v) is 7.91. The van der Waals surface area contributed by atoms with Crippen LogP contribution in [-0.4, -0.2) is 51.4 Å². The van der Waals surface area contributed by atoms with Crippen molar-refractivity contribution in [3.63, 3.8) is 0 Å². The van der Waals surface area contributed by atoms with Gasteiger partial charge in [0, 0.05) is 26.2 Å². The zero-order valence-electron chi connectivity index (χ0n) is 18.4. The first kappa shape index (κ1) is 21.5. The van der Waals surface area contributed by atoms with Gasteiger partial charge in [-0.1, -0.05) is 12.8 Å². The van der Waals surface area contributed by atoms with Gasteiger partial charge in [0.05, 0.1) is 18.7 Å². The van der Waals surface area contributed by atoms with Crippen LogP contribution in [0.5, 0.6) is 0 Å². The summed E-state index contributed by atoms with van der Waals surface area (Å²) in [6, 6.07) is 11.2. The van der Waals surface area contributed by atoms with Crippen LogP contribution < -0.4 is 5.32 Å². The molecule has 164 valence electrons. The molecule has 0 bridgehead atoms. The molecule has 1 saturated carbocycles. The number of carbonyl (C=O) groups is 1. The topological polar surface area (TPSA) is 109 Å². The van der Waals surface area contributed by atoms with E-state index in [0.29, 0.717) is 17.2 Å². The lowest BCUT2D eigenvalue weighted by Crippen LogP contribution is -2.26. The number of anilines is 1. The summed E-state index contributed by atoms with van der Waals surface area (Å²) in [5, 5.41) is 22.2. The Kier molecular flexibility index (Phi) is 6.14. The molecule has 1 aliphatic rings. The zero-order chi connectivity index (χ0) is 22.7. The molecule has 2 heterocycles. The average Bonchev–Trinajstić information content (AvgIpc) is 3.55. The largest absolute Gasteiger partial charge is 0.370 e. The van der Waals surface area contributed by atoms with Gasteiger partial charge in [0.2, 0.25) is 0 Å². The maximum Gasteiger partial charge on any atom is 0.295 e. The molecule has 3 aromatic rings. The van der Waals surface area contributed by atoms with Gasteiger partial charge in [0.15, 0.2) is 5.82 Å². The average molecular weight is 432 g/mol. The van der Waals surface area contributed by atoms with E-state index in [0.717, 1.165) is 40.6 Å². The first-order chi connectivity index (χ1) is 15.5. The van der Waals surface area contributed by atoms with Gasteiger partial charge in [-0.2, -0.15) is 5.26 Å². The van der Waals surface area contributed by atoms with E-state index in [9.17, 15) is 10.1 Å². The third-order valence-corrected chi connectivity index (χ3v) is 5.57. The Balaban J connectivity index is 1.81. The molecule has 2 aromatic heterocycles. The number of nitriles is 1. The summed E-state index contributed by atoms with van der Waals surface area (Å²) >= 11 is 0. The minimum Gasteiger partial charge on any atom is -0.370 e. The van der Waals surface area contributed by atoms with E-state index in [2.05, 4.69) is 26.6 Å². The smallest absolute Gasteiger partial charge is 0.295 e. The highest BCUT2D eigenvalue weighted by molar-refractivity contribution is 5.94. The molecule has 0 spiro atoms. The molecule has 0 atom stereocenters. The summed E-state index contributed by atoms with van der Waals surface area (Å²) in [6.45, 7) is 0.781. The molecule has 0 saturated heterocycles. The Labute approximate surface area is 186 Å². The van der Waals surface area contributed by atoms with Crippen LogP contribution in [0.1, 0.15) is 35.3 Å². The quantitative estimate of drug-likeness (QED) is 0.545. The van der Waals surface area contributed by atoms with Crippen molar-refractivity contribution in [2.45, 2.75) is 19.3 Å². The van der Waals surface area contributed by atoms with E-state index in [1.54, 1.807) is 24.5 Å². The van der Waals surface area contributed by atoms with Gasteiger partial charge in [-0.15, -0.1) is 10.2 Å². The summed E-state index contributed by atoms with van der Waals surface area (Å²) in [5.41, 5.74) is 3.07. The monoisotopic (exact) mass is 431 g/mol. The van der Waals surface area contributed by atoms with Crippen LogP contribution in [0.3, 0.4) is 0 Å². The maximum absolute atomic E-state index is 12.8. The Morgan fingerprint density at radius 1 is 1.31 bits per heavy atom. The number of nitrogens with zero attached hydrogens (tertiary/aromatic N) is 6. The lowest BCUT2D eigenvalue weighted by Gasteiger charge is -2.16. The summed E-state index contributed by atoms with van der Waals surface area (Å²) in [5.74, 6) is 1.67. The first-order valence-electron chi connectivity index (χ1n) is 10.5. The summed E-state index contributed by atoms with van der Waals surface area (Å²) < 4.78 is 1.81. The molecular formula is C23H25N7O2. The van der Waals surface area contributed by atoms with Gasteiger partial charge < -0.3 is 9.88 Å². The number of hydrogen-bond donors (Lipinski definition) is 1. The van der Waals surface area contributed by atoms with Crippen molar-refractivity contribution in [1.82, 2.24) is 24.8 Å². The van der Waals surface area contributed by atoms with Gasteiger partial charge in [0.25, 0.3) is 5.91 Å². The number of aryl methyl sites for hydroxylation is 1. The van der Waals surface area contributed by atoms with Crippen LogP contribution in [0.25, 0.3) is 22.5 Å². The van der Waals surface area contributed by atoms with Crippen LogP contribution in [0.2, 0.25) is 0 Å². The first-order valence-corrected chi connectivity index (χ1v) is 10.5.